The van der Waals surface area contributed by atoms with Gasteiger partial charge in [0.15, 0.2) is 5.82 Å². The van der Waals surface area contributed by atoms with Crippen LogP contribution in [0.4, 0.5) is 22.0 Å². The molecule has 0 saturated carbocycles. The van der Waals surface area contributed by atoms with Crippen molar-refractivity contribution in [3.63, 3.8) is 0 Å². The summed E-state index contributed by atoms with van der Waals surface area (Å²) in [5.74, 6) is 1.40. The smallest absolute Gasteiger partial charge is 0.330 e. The Bertz CT molecular complexity index is 1170. The maximum atomic E-state index is 13.2. The number of urea groups is 1. The summed E-state index contributed by atoms with van der Waals surface area (Å²) in [6.07, 6.45) is 1.70. The van der Waals surface area contributed by atoms with Gasteiger partial charge in [0.05, 0.1) is 12.0 Å². The third-order valence-electron chi connectivity index (χ3n) is 5.97. The molecule has 4 heterocycles. The third kappa shape index (κ3) is 3.43. The zero-order valence-corrected chi connectivity index (χ0v) is 18.1. The number of nitrogens with zero attached hydrogens (tertiary/aromatic N) is 8. The van der Waals surface area contributed by atoms with Crippen molar-refractivity contribution in [1.29, 1.82) is 5.26 Å². The van der Waals surface area contributed by atoms with Crippen molar-refractivity contribution in [2.75, 3.05) is 40.9 Å². The van der Waals surface area contributed by atoms with E-state index in [0.29, 0.717) is 30.4 Å². The molecule has 2 aliphatic rings. The highest BCUT2D eigenvalue weighted by Gasteiger charge is 2.32. The predicted molar refractivity (Wildman–Crippen MR) is 121 cm³/mol. The van der Waals surface area contributed by atoms with Crippen LogP contribution < -0.4 is 14.7 Å². The minimum absolute atomic E-state index is 0.0961. The first kappa shape index (κ1) is 20.0. The molecule has 0 atom stereocenters. The Kier molecular flexibility index (Phi) is 4.98. The summed E-state index contributed by atoms with van der Waals surface area (Å²) in [6, 6.07) is 16.0. The van der Waals surface area contributed by atoms with E-state index in [1.807, 2.05) is 47.0 Å². The number of amides is 2. The predicted octanol–water partition coefficient (Wildman–Crippen LogP) is 3.33. The van der Waals surface area contributed by atoms with Crippen molar-refractivity contribution < 1.29 is 4.79 Å². The Hall–Kier alpha value is -3.93. The van der Waals surface area contributed by atoms with Gasteiger partial charge < -0.3 is 9.47 Å². The molecule has 2 saturated heterocycles. The number of pyridine rings is 1. The van der Waals surface area contributed by atoms with Crippen LogP contribution in [0.15, 0.2) is 48.8 Å². The van der Waals surface area contributed by atoms with Crippen LogP contribution in [0.1, 0.15) is 19.9 Å². The maximum Gasteiger partial charge on any atom is 0.330 e. The molecule has 0 radical (unpaired) electrons. The Morgan fingerprint density at radius 2 is 1.75 bits per heavy atom. The molecule has 2 fully saturated rings. The van der Waals surface area contributed by atoms with Crippen LogP contribution in [0, 0.1) is 17.2 Å². The monoisotopic (exact) mass is 428 g/mol. The van der Waals surface area contributed by atoms with Crippen LogP contribution in [0.5, 0.6) is 0 Å². The minimum atomic E-state index is -0.0961. The lowest BCUT2D eigenvalue weighted by Crippen LogP contribution is -2.45. The number of benzene rings is 1. The summed E-state index contributed by atoms with van der Waals surface area (Å²) >= 11 is 0. The number of aromatic nitrogens is 4. The van der Waals surface area contributed by atoms with Crippen molar-refractivity contribution in [2.45, 2.75) is 19.9 Å². The van der Waals surface area contributed by atoms with E-state index in [-0.39, 0.29) is 18.0 Å². The first-order valence-electron chi connectivity index (χ1n) is 10.8. The zero-order valence-electron chi connectivity index (χ0n) is 18.1. The highest BCUT2D eigenvalue weighted by molar-refractivity contribution is 6.05. The molecule has 2 aromatic heterocycles. The molecule has 0 spiro atoms. The summed E-state index contributed by atoms with van der Waals surface area (Å²) < 4.78 is 1.96. The second kappa shape index (κ2) is 7.96. The van der Waals surface area contributed by atoms with Crippen LogP contribution in [-0.2, 0) is 0 Å². The Balaban J connectivity index is 1.33. The number of carbonyl (C=O) groups is 1. The highest BCUT2D eigenvalue weighted by atomic mass is 16.2. The van der Waals surface area contributed by atoms with Crippen molar-refractivity contribution in [3.05, 3.63) is 48.8 Å². The summed E-state index contributed by atoms with van der Waals surface area (Å²) in [4.78, 5) is 23.5. The minimum Gasteiger partial charge on any atom is -0.369 e. The number of hydrogen-bond acceptors (Lipinski definition) is 6. The summed E-state index contributed by atoms with van der Waals surface area (Å²) in [5, 5.41) is 17.2. The SMILES string of the molecule is CC(C)n1cnnc1-c1cccc(N2CCN(c3ccc(N4CC(C#N)C4)cc3)C2=O)n1. The quantitative estimate of drug-likeness (QED) is 0.619. The molecule has 0 unspecified atom stereocenters. The molecule has 3 aromatic rings. The lowest BCUT2D eigenvalue weighted by Gasteiger charge is -2.37. The van der Waals surface area contributed by atoms with Gasteiger partial charge in [0.25, 0.3) is 0 Å². The standard InChI is InChI=1S/C23H24N8O/c1-16(2)31-15-25-27-22(31)20-4-3-5-21(26-20)30-11-10-29(23(30)32)19-8-6-18(7-9-19)28-13-17(12-24)14-28/h3-9,15-17H,10-11,13-14H2,1-2H3. The molecule has 5 rings (SSSR count). The molecule has 9 nitrogen and oxygen atoms in total. The van der Waals surface area contributed by atoms with Crippen molar-refractivity contribution in [1.82, 2.24) is 19.7 Å². The molecule has 162 valence electrons. The molecular weight excluding hydrogens is 404 g/mol. The summed E-state index contributed by atoms with van der Waals surface area (Å²) in [6.45, 7) is 6.80. The van der Waals surface area contributed by atoms with E-state index in [1.54, 1.807) is 16.1 Å². The first-order valence-corrected chi connectivity index (χ1v) is 10.8. The van der Waals surface area contributed by atoms with E-state index in [4.69, 9.17) is 10.2 Å². The summed E-state index contributed by atoms with van der Waals surface area (Å²) in [7, 11) is 0. The van der Waals surface area contributed by atoms with Gasteiger partial charge in [0, 0.05) is 43.6 Å². The Morgan fingerprint density at radius 1 is 1.03 bits per heavy atom. The van der Waals surface area contributed by atoms with Gasteiger partial charge >= 0.3 is 6.03 Å². The van der Waals surface area contributed by atoms with Gasteiger partial charge in [-0.05, 0) is 50.2 Å². The normalized spacial score (nSPS) is 16.6. The number of hydrogen-bond donors (Lipinski definition) is 0. The fourth-order valence-electron chi connectivity index (χ4n) is 4.11. The molecule has 32 heavy (non-hydrogen) atoms. The topological polar surface area (TPSA) is 94.2 Å². The Labute approximate surface area is 186 Å². The van der Waals surface area contributed by atoms with Gasteiger partial charge in [-0.1, -0.05) is 6.07 Å². The number of nitriles is 1. The molecule has 0 N–H and O–H groups in total. The van der Waals surface area contributed by atoms with E-state index < -0.39 is 0 Å². The highest BCUT2D eigenvalue weighted by Crippen LogP contribution is 2.30. The molecule has 0 aliphatic carbocycles. The van der Waals surface area contributed by atoms with Gasteiger partial charge in [-0.3, -0.25) is 9.80 Å². The van der Waals surface area contributed by atoms with Crippen LogP contribution in [-0.4, -0.2) is 52.0 Å². The van der Waals surface area contributed by atoms with Crippen LogP contribution in [0.2, 0.25) is 0 Å². The van der Waals surface area contributed by atoms with E-state index >= 15 is 0 Å². The molecule has 2 aliphatic heterocycles. The molecular formula is C23H24N8O. The van der Waals surface area contributed by atoms with Gasteiger partial charge in [0.1, 0.15) is 17.8 Å². The van der Waals surface area contributed by atoms with Crippen molar-refractivity contribution >= 4 is 23.2 Å². The Morgan fingerprint density at radius 3 is 2.47 bits per heavy atom. The van der Waals surface area contributed by atoms with Crippen molar-refractivity contribution in [3.8, 4) is 17.6 Å². The molecule has 0 bridgehead atoms. The van der Waals surface area contributed by atoms with Crippen LogP contribution in [0.3, 0.4) is 0 Å². The molecule has 9 heteroatoms. The van der Waals surface area contributed by atoms with Crippen LogP contribution >= 0.6 is 0 Å². The van der Waals surface area contributed by atoms with Gasteiger partial charge in [-0.2, -0.15) is 5.26 Å². The van der Waals surface area contributed by atoms with Crippen molar-refractivity contribution in [2.24, 2.45) is 5.92 Å². The largest absolute Gasteiger partial charge is 0.369 e. The zero-order chi connectivity index (χ0) is 22.2. The summed E-state index contributed by atoms with van der Waals surface area (Å²) in [5.41, 5.74) is 2.62. The van der Waals surface area contributed by atoms with Gasteiger partial charge in [-0.25, -0.2) is 9.78 Å². The average Bonchev–Trinajstić information content (AvgIpc) is 3.41. The van der Waals surface area contributed by atoms with Gasteiger partial charge in [0.2, 0.25) is 0 Å². The molecule has 1 aromatic carbocycles. The van der Waals surface area contributed by atoms with E-state index in [2.05, 4.69) is 35.0 Å². The third-order valence-corrected chi connectivity index (χ3v) is 5.97. The lowest BCUT2D eigenvalue weighted by atomic mass is 10.0. The average molecular weight is 429 g/mol. The lowest BCUT2D eigenvalue weighted by molar-refractivity contribution is 0.255. The maximum absolute atomic E-state index is 13.2. The number of carbonyl (C=O) groups excluding carboxylic acids is 1. The first-order chi connectivity index (χ1) is 15.5. The van der Waals surface area contributed by atoms with E-state index in [0.717, 1.165) is 24.5 Å². The fourth-order valence-corrected chi connectivity index (χ4v) is 4.11. The second-order valence-electron chi connectivity index (χ2n) is 8.37. The number of rotatable bonds is 5. The van der Waals surface area contributed by atoms with Crippen LogP contribution in [0.25, 0.3) is 11.5 Å². The number of anilines is 3. The van der Waals surface area contributed by atoms with Gasteiger partial charge in [-0.15, -0.1) is 10.2 Å². The molecule has 2 amide bonds. The van der Waals surface area contributed by atoms with E-state index in [1.165, 1.54) is 0 Å². The van der Waals surface area contributed by atoms with E-state index in [9.17, 15) is 4.79 Å². The second-order valence-corrected chi connectivity index (χ2v) is 8.37. The fraction of sp³-hybridized carbons (Fsp3) is 0.348.